The number of aromatic nitrogens is 2. The van der Waals surface area contributed by atoms with Crippen LogP contribution < -0.4 is 15.0 Å². The molecule has 1 amide bonds. The van der Waals surface area contributed by atoms with Crippen molar-refractivity contribution in [3.05, 3.63) is 24.1 Å². The number of cyclic esters (lactones) is 1. The summed E-state index contributed by atoms with van der Waals surface area (Å²) in [5, 5.41) is 11.8. The normalized spacial score (nSPS) is 18.9. The van der Waals surface area contributed by atoms with Crippen molar-refractivity contribution >= 4 is 23.6 Å². The number of imidazole rings is 1. The Labute approximate surface area is 168 Å². The van der Waals surface area contributed by atoms with Gasteiger partial charge in [-0.3, -0.25) is 9.36 Å². The molecule has 0 saturated carbocycles. The summed E-state index contributed by atoms with van der Waals surface area (Å²) in [6.45, 7) is 0.985. The number of carbonyl (C=O) groups is 2. The number of benzene rings is 1. The molecule has 0 bridgehead atoms. The molecule has 1 unspecified atom stereocenters. The number of hydrogen-bond donors (Lipinski definition) is 2. The molecule has 2 aliphatic rings. The molecule has 160 valence electrons. The molecular formula is C18H17F3N4O5. The van der Waals surface area contributed by atoms with Gasteiger partial charge in [0, 0.05) is 11.8 Å². The van der Waals surface area contributed by atoms with Crippen molar-refractivity contribution in [1.82, 2.24) is 9.55 Å². The average Bonchev–Trinajstić information content (AvgIpc) is 3.16. The number of aliphatic carboxylic acids is 1. The molecule has 2 atom stereocenters. The number of fused-ring (bicyclic) bond motifs is 3. The van der Waals surface area contributed by atoms with Gasteiger partial charge in [0.2, 0.25) is 5.95 Å². The zero-order valence-corrected chi connectivity index (χ0v) is 15.6. The molecule has 1 aromatic carbocycles. The van der Waals surface area contributed by atoms with Gasteiger partial charge in [0.1, 0.15) is 36.9 Å². The fraction of sp³-hybridized carbons (Fsp3) is 0.389. The topological polar surface area (TPSA) is 106 Å². The summed E-state index contributed by atoms with van der Waals surface area (Å²) in [5.74, 6) is -2.12. The van der Waals surface area contributed by atoms with Crippen molar-refractivity contribution in [3.63, 3.8) is 0 Å². The molecule has 1 aromatic heterocycles. The first-order valence-electron chi connectivity index (χ1n) is 9.04. The number of amides is 1. The number of rotatable bonds is 5. The molecule has 1 fully saturated rings. The molecule has 30 heavy (non-hydrogen) atoms. The summed E-state index contributed by atoms with van der Waals surface area (Å²) in [6.07, 6.45) is -4.02. The lowest BCUT2D eigenvalue weighted by molar-refractivity contribution is -0.137. The Morgan fingerprint density at radius 1 is 1.37 bits per heavy atom. The van der Waals surface area contributed by atoms with Crippen LogP contribution in [0.1, 0.15) is 6.92 Å². The van der Waals surface area contributed by atoms with Crippen molar-refractivity contribution in [2.75, 3.05) is 23.4 Å². The van der Waals surface area contributed by atoms with Gasteiger partial charge < -0.3 is 19.9 Å². The van der Waals surface area contributed by atoms with E-state index in [1.54, 1.807) is 18.2 Å². The van der Waals surface area contributed by atoms with E-state index >= 15 is 4.39 Å². The predicted octanol–water partition coefficient (Wildman–Crippen LogP) is 2.56. The first-order chi connectivity index (χ1) is 14.3. The second-order valence-corrected chi connectivity index (χ2v) is 6.81. The average molecular weight is 426 g/mol. The van der Waals surface area contributed by atoms with Crippen LogP contribution >= 0.6 is 0 Å². The van der Waals surface area contributed by atoms with Crippen LogP contribution in [0.4, 0.5) is 29.5 Å². The summed E-state index contributed by atoms with van der Waals surface area (Å²) in [5.41, 5.74) is 0.831. The van der Waals surface area contributed by atoms with Crippen LogP contribution in [0.2, 0.25) is 0 Å². The molecule has 0 spiro atoms. The van der Waals surface area contributed by atoms with Gasteiger partial charge in [-0.2, -0.15) is 4.39 Å². The van der Waals surface area contributed by atoms with E-state index in [1.165, 1.54) is 6.92 Å². The van der Waals surface area contributed by atoms with Gasteiger partial charge in [0.05, 0.1) is 12.1 Å². The molecule has 4 rings (SSSR count). The lowest BCUT2D eigenvalue weighted by Crippen LogP contribution is -2.39. The lowest BCUT2D eigenvalue weighted by atomic mass is 10.1. The van der Waals surface area contributed by atoms with Crippen molar-refractivity contribution in [2.45, 2.75) is 32.0 Å². The third-order valence-corrected chi connectivity index (χ3v) is 4.86. The van der Waals surface area contributed by atoms with Gasteiger partial charge in [-0.05, 0) is 19.1 Å². The maximum atomic E-state index is 15.1. The number of halogens is 3. The van der Waals surface area contributed by atoms with Gasteiger partial charge in [-0.25, -0.2) is 23.5 Å². The number of hydrogen-bond acceptors (Lipinski definition) is 6. The van der Waals surface area contributed by atoms with E-state index in [-0.39, 0.29) is 19.0 Å². The Hall–Kier alpha value is -3.44. The summed E-state index contributed by atoms with van der Waals surface area (Å²) >= 11 is 0. The van der Waals surface area contributed by atoms with Crippen LogP contribution in [0.15, 0.2) is 18.2 Å². The van der Waals surface area contributed by atoms with Crippen molar-refractivity contribution in [1.29, 1.82) is 0 Å². The summed E-state index contributed by atoms with van der Waals surface area (Å²) in [6, 6.07) is 2.17. The van der Waals surface area contributed by atoms with Crippen LogP contribution in [-0.2, 0) is 16.1 Å². The highest BCUT2D eigenvalue weighted by atomic mass is 19.3. The molecule has 3 heterocycles. The quantitative estimate of drug-likeness (QED) is 0.757. The first kappa shape index (κ1) is 19.9. The van der Waals surface area contributed by atoms with Crippen LogP contribution in [0, 0.1) is 5.95 Å². The Morgan fingerprint density at radius 2 is 2.13 bits per heavy atom. The van der Waals surface area contributed by atoms with E-state index in [0.717, 1.165) is 4.57 Å². The van der Waals surface area contributed by atoms with E-state index in [2.05, 4.69) is 15.0 Å². The maximum absolute atomic E-state index is 15.1. The van der Waals surface area contributed by atoms with E-state index in [4.69, 9.17) is 9.84 Å². The molecular weight excluding hydrogens is 409 g/mol. The van der Waals surface area contributed by atoms with Crippen LogP contribution in [0.5, 0.6) is 5.75 Å². The van der Waals surface area contributed by atoms with Gasteiger partial charge in [-0.15, -0.1) is 0 Å². The van der Waals surface area contributed by atoms with Gasteiger partial charge >= 0.3 is 12.1 Å². The molecule has 2 aliphatic heterocycles. The number of alkyl halides is 2. The SMILES string of the molecule is C[C@H](Nc1ccc2c(c1)OCCn1c-2nc(N2C(=O)OCC2C(F)F)c1F)C(=O)O. The summed E-state index contributed by atoms with van der Waals surface area (Å²) in [4.78, 5) is 27.6. The number of nitrogens with one attached hydrogen (secondary N) is 1. The third kappa shape index (κ3) is 3.27. The third-order valence-electron chi connectivity index (χ3n) is 4.86. The van der Waals surface area contributed by atoms with E-state index in [1.807, 2.05) is 0 Å². The van der Waals surface area contributed by atoms with Crippen LogP contribution in [-0.4, -0.2) is 58.4 Å². The number of anilines is 2. The van der Waals surface area contributed by atoms with E-state index < -0.39 is 48.9 Å². The monoisotopic (exact) mass is 426 g/mol. The van der Waals surface area contributed by atoms with E-state index in [9.17, 15) is 18.4 Å². The maximum Gasteiger partial charge on any atom is 0.416 e. The number of ether oxygens (including phenoxy) is 2. The Balaban J connectivity index is 1.74. The molecule has 1 saturated heterocycles. The summed E-state index contributed by atoms with van der Waals surface area (Å²) in [7, 11) is 0. The van der Waals surface area contributed by atoms with Crippen LogP contribution in [0.25, 0.3) is 11.4 Å². The zero-order valence-electron chi connectivity index (χ0n) is 15.6. The number of carbonyl (C=O) groups excluding carboxylic acids is 1. The second-order valence-electron chi connectivity index (χ2n) is 6.81. The highest BCUT2D eigenvalue weighted by Crippen LogP contribution is 2.38. The standard InChI is InChI=1S/C18H17F3N4O5/c1-8(17(26)27)22-9-2-3-10-12(6-9)29-5-4-24-14(21)16(23-15(10)24)25-11(13(19)20)7-30-18(25)28/h2-3,6,8,11,13,22H,4-5,7H2,1H3,(H,26,27)/t8-,11?/m0/s1. The van der Waals surface area contributed by atoms with Crippen molar-refractivity contribution in [3.8, 4) is 17.1 Å². The van der Waals surface area contributed by atoms with Crippen LogP contribution in [0.3, 0.4) is 0 Å². The first-order valence-corrected chi connectivity index (χ1v) is 9.04. The Kier molecular flexibility index (Phi) is 4.92. The molecule has 9 nitrogen and oxygen atoms in total. The highest BCUT2D eigenvalue weighted by molar-refractivity contribution is 5.90. The van der Waals surface area contributed by atoms with E-state index in [0.29, 0.717) is 21.9 Å². The van der Waals surface area contributed by atoms with Gasteiger partial charge in [0.15, 0.2) is 5.82 Å². The molecule has 0 aliphatic carbocycles. The minimum absolute atomic E-state index is 0.0272. The molecule has 0 radical (unpaired) electrons. The molecule has 2 aromatic rings. The van der Waals surface area contributed by atoms with Gasteiger partial charge in [0.25, 0.3) is 6.43 Å². The van der Waals surface area contributed by atoms with Crippen molar-refractivity contribution in [2.24, 2.45) is 0 Å². The zero-order chi connectivity index (χ0) is 21.6. The largest absolute Gasteiger partial charge is 0.491 e. The minimum atomic E-state index is -2.93. The predicted molar refractivity (Wildman–Crippen MR) is 97.5 cm³/mol. The molecule has 2 N–H and O–H groups in total. The second kappa shape index (κ2) is 7.43. The fourth-order valence-electron chi connectivity index (χ4n) is 3.32. The Morgan fingerprint density at radius 3 is 2.83 bits per heavy atom. The molecule has 12 heteroatoms. The minimum Gasteiger partial charge on any atom is -0.491 e. The Bertz CT molecular complexity index is 1010. The summed E-state index contributed by atoms with van der Waals surface area (Å²) < 4.78 is 53.0. The van der Waals surface area contributed by atoms with Crippen molar-refractivity contribution < 1.29 is 37.3 Å². The highest BCUT2D eigenvalue weighted by Gasteiger charge is 2.44. The number of carboxylic acid groups (broad SMARTS) is 1. The number of carboxylic acids is 1. The van der Waals surface area contributed by atoms with Gasteiger partial charge in [-0.1, -0.05) is 0 Å². The smallest absolute Gasteiger partial charge is 0.416 e. The number of nitrogens with zero attached hydrogens (tertiary/aromatic N) is 3. The fourth-order valence-corrected chi connectivity index (χ4v) is 3.32. The lowest BCUT2D eigenvalue weighted by Gasteiger charge is -2.18.